The number of carbonyl (C=O) groups is 1. The van der Waals surface area contributed by atoms with Gasteiger partial charge in [0.1, 0.15) is 11.8 Å². The second-order valence-corrected chi connectivity index (χ2v) is 6.30. The van der Waals surface area contributed by atoms with Gasteiger partial charge in [-0.1, -0.05) is 18.5 Å². The van der Waals surface area contributed by atoms with Crippen molar-refractivity contribution in [2.24, 2.45) is 0 Å². The Hall–Kier alpha value is -1.42. The van der Waals surface area contributed by atoms with Gasteiger partial charge in [-0.25, -0.2) is 0 Å². The number of aryl methyl sites for hydroxylation is 1. The maximum atomic E-state index is 12.2. The Morgan fingerprint density at radius 3 is 2.57 bits per heavy atom. The highest BCUT2D eigenvalue weighted by Crippen LogP contribution is 2.31. The Labute approximate surface area is 132 Å². The van der Waals surface area contributed by atoms with E-state index in [0.717, 1.165) is 17.7 Å². The summed E-state index contributed by atoms with van der Waals surface area (Å²) in [5.41, 5.74) is 1.48. The summed E-state index contributed by atoms with van der Waals surface area (Å²) in [5, 5.41) is 6.84. The number of nitrogens with one attached hydrogen (secondary N) is 2. The Bertz CT molecular complexity index is 515. The molecule has 1 aromatic carbocycles. The smallest absolute Gasteiger partial charge is 0.242 e. The molecule has 5 heteroatoms. The van der Waals surface area contributed by atoms with Crippen molar-refractivity contribution in [1.29, 1.82) is 0 Å². The molecule has 1 atom stereocenters. The van der Waals surface area contributed by atoms with E-state index in [-0.39, 0.29) is 17.5 Å². The summed E-state index contributed by atoms with van der Waals surface area (Å²) in [6, 6.07) is 3.26. The van der Waals surface area contributed by atoms with E-state index in [9.17, 15) is 4.79 Å². The molecule has 0 saturated heterocycles. The molecule has 1 unspecified atom stereocenters. The minimum atomic E-state index is -0.370. The predicted molar refractivity (Wildman–Crippen MR) is 88.3 cm³/mol. The molecule has 2 N–H and O–H groups in total. The first-order chi connectivity index (χ1) is 9.70. The van der Waals surface area contributed by atoms with Gasteiger partial charge in [0, 0.05) is 16.6 Å². The summed E-state index contributed by atoms with van der Waals surface area (Å²) >= 11 is 6.08. The van der Waals surface area contributed by atoms with Gasteiger partial charge in [-0.3, -0.25) is 4.79 Å². The molecule has 1 rings (SSSR count). The molecule has 0 aliphatic rings. The number of amides is 1. The van der Waals surface area contributed by atoms with E-state index in [0.29, 0.717) is 10.8 Å². The van der Waals surface area contributed by atoms with Crippen LogP contribution in [0.4, 0.5) is 5.69 Å². The van der Waals surface area contributed by atoms with Crippen LogP contribution < -0.4 is 15.4 Å². The molecule has 0 aliphatic heterocycles. The standard InChI is InChI=1S/C16H25ClN2O2/c1-7-16(4,5)19-15(20)11(3)18-13-8-10(2)12(17)9-14(13)21-6/h8-9,11,18H,7H2,1-6H3,(H,19,20). The van der Waals surface area contributed by atoms with Crippen molar-refractivity contribution in [1.82, 2.24) is 5.32 Å². The van der Waals surface area contributed by atoms with Gasteiger partial charge < -0.3 is 15.4 Å². The lowest BCUT2D eigenvalue weighted by Gasteiger charge is -2.27. The molecule has 0 radical (unpaired) electrons. The van der Waals surface area contributed by atoms with Gasteiger partial charge >= 0.3 is 0 Å². The van der Waals surface area contributed by atoms with Gasteiger partial charge in [-0.2, -0.15) is 0 Å². The monoisotopic (exact) mass is 312 g/mol. The van der Waals surface area contributed by atoms with Gasteiger partial charge in [0.25, 0.3) is 0 Å². The van der Waals surface area contributed by atoms with Gasteiger partial charge in [-0.05, 0) is 45.7 Å². The Balaban J connectivity index is 2.86. The van der Waals surface area contributed by atoms with E-state index >= 15 is 0 Å². The number of carbonyl (C=O) groups excluding carboxylic acids is 1. The third kappa shape index (κ3) is 4.81. The number of hydrogen-bond donors (Lipinski definition) is 2. The average Bonchev–Trinajstić information content (AvgIpc) is 2.42. The maximum Gasteiger partial charge on any atom is 0.242 e. The third-order valence-corrected chi connectivity index (χ3v) is 4.00. The first kappa shape index (κ1) is 17.6. The molecule has 0 saturated carbocycles. The molecule has 4 nitrogen and oxygen atoms in total. The van der Waals surface area contributed by atoms with Crippen molar-refractivity contribution < 1.29 is 9.53 Å². The summed E-state index contributed by atoms with van der Waals surface area (Å²) in [4.78, 5) is 12.2. The fourth-order valence-electron chi connectivity index (χ4n) is 1.77. The highest BCUT2D eigenvalue weighted by Gasteiger charge is 2.22. The van der Waals surface area contributed by atoms with E-state index < -0.39 is 0 Å². The fourth-order valence-corrected chi connectivity index (χ4v) is 1.93. The van der Waals surface area contributed by atoms with Crippen molar-refractivity contribution in [3.05, 3.63) is 22.7 Å². The van der Waals surface area contributed by atoms with Gasteiger partial charge in [0.2, 0.25) is 5.91 Å². The van der Waals surface area contributed by atoms with E-state index in [4.69, 9.17) is 16.3 Å². The van der Waals surface area contributed by atoms with Crippen LogP contribution in [0.5, 0.6) is 5.75 Å². The summed E-state index contributed by atoms with van der Waals surface area (Å²) in [5.74, 6) is 0.580. The lowest BCUT2D eigenvalue weighted by atomic mass is 10.0. The number of ether oxygens (including phenoxy) is 1. The molecule has 1 amide bonds. The quantitative estimate of drug-likeness (QED) is 0.841. The molecule has 0 fully saturated rings. The Morgan fingerprint density at radius 1 is 1.43 bits per heavy atom. The van der Waals surface area contributed by atoms with Gasteiger partial charge in [0.15, 0.2) is 0 Å². The fraction of sp³-hybridized carbons (Fsp3) is 0.562. The SMILES string of the molecule is CCC(C)(C)NC(=O)C(C)Nc1cc(C)c(Cl)cc1OC. The molecule has 118 valence electrons. The van der Waals surface area contributed by atoms with E-state index in [1.165, 1.54) is 0 Å². The minimum Gasteiger partial charge on any atom is -0.495 e. The largest absolute Gasteiger partial charge is 0.495 e. The van der Waals surface area contributed by atoms with Gasteiger partial charge in [-0.15, -0.1) is 0 Å². The number of hydrogen-bond acceptors (Lipinski definition) is 3. The molecule has 0 spiro atoms. The zero-order valence-corrected chi connectivity index (χ0v) is 14.4. The van der Waals surface area contributed by atoms with Crippen molar-refractivity contribution in [2.75, 3.05) is 12.4 Å². The summed E-state index contributed by atoms with van der Waals surface area (Å²) < 4.78 is 5.31. The molecule has 1 aromatic rings. The lowest BCUT2D eigenvalue weighted by molar-refractivity contribution is -0.123. The highest BCUT2D eigenvalue weighted by atomic mass is 35.5. The first-order valence-corrected chi connectivity index (χ1v) is 7.50. The summed E-state index contributed by atoms with van der Waals surface area (Å²) in [6.07, 6.45) is 0.870. The van der Waals surface area contributed by atoms with Crippen LogP contribution in [0.25, 0.3) is 0 Å². The zero-order chi connectivity index (χ0) is 16.2. The molecular formula is C16H25ClN2O2. The summed E-state index contributed by atoms with van der Waals surface area (Å²) in [6.45, 7) is 9.79. The van der Waals surface area contributed by atoms with Crippen LogP contribution in [0.1, 0.15) is 39.7 Å². The van der Waals surface area contributed by atoms with Crippen molar-refractivity contribution in [3.63, 3.8) is 0 Å². The predicted octanol–water partition coefficient (Wildman–Crippen LogP) is 3.76. The normalized spacial score (nSPS) is 12.7. The Kier molecular flexibility index (Phi) is 5.90. The van der Waals surface area contributed by atoms with E-state index in [1.54, 1.807) is 13.2 Å². The van der Waals surface area contributed by atoms with Crippen molar-refractivity contribution in [2.45, 2.75) is 52.6 Å². The maximum absolute atomic E-state index is 12.2. The second-order valence-electron chi connectivity index (χ2n) is 5.89. The highest BCUT2D eigenvalue weighted by molar-refractivity contribution is 6.31. The van der Waals surface area contributed by atoms with Crippen LogP contribution >= 0.6 is 11.6 Å². The molecule has 0 heterocycles. The number of anilines is 1. The molecule has 0 aromatic heterocycles. The zero-order valence-electron chi connectivity index (χ0n) is 13.6. The van der Waals surface area contributed by atoms with Gasteiger partial charge in [0.05, 0.1) is 12.8 Å². The number of rotatable bonds is 6. The average molecular weight is 313 g/mol. The Morgan fingerprint density at radius 2 is 2.05 bits per heavy atom. The molecular weight excluding hydrogens is 288 g/mol. The lowest BCUT2D eigenvalue weighted by Crippen LogP contribution is -2.48. The van der Waals surface area contributed by atoms with Crippen LogP contribution in [0.15, 0.2) is 12.1 Å². The molecule has 0 aliphatic carbocycles. The van der Waals surface area contributed by atoms with Crippen LogP contribution in [0.3, 0.4) is 0 Å². The van der Waals surface area contributed by atoms with Crippen molar-refractivity contribution >= 4 is 23.2 Å². The van der Waals surface area contributed by atoms with E-state index in [2.05, 4.69) is 10.6 Å². The molecule has 21 heavy (non-hydrogen) atoms. The number of benzene rings is 1. The summed E-state index contributed by atoms with van der Waals surface area (Å²) in [7, 11) is 1.58. The topological polar surface area (TPSA) is 50.4 Å². The second kappa shape index (κ2) is 7.03. The number of methoxy groups -OCH3 is 1. The van der Waals surface area contributed by atoms with Crippen LogP contribution in [0, 0.1) is 6.92 Å². The van der Waals surface area contributed by atoms with Crippen molar-refractivity contribution in [3.8, 4) is 5.75 Å². The van der Waals surface area contributed by atoms with Crippen LogP contribution in [0.2, 0.25) is 5.02 Å². The van der Waals surface area contributed by atoms with Crippen LogP contribution in [-0.4, -0.2) is 24.6 Å². The van der Waals surface area contributed by atoms with Crippen LogP contribution in [-0.2, 0) is 4.79 Å². The first-order valence-electron chi connectivity index (χ1n) is 7.13. The van der Waals surface area contributed by atoms with E-state index in [1.807, 2.05) is 40.7 Å². The number of halogens is 1. The third-order valence-electron chi connectivity index (χ3n) is 3.59. The minimum absolute atomic E-state index is 0.0449. The molecule has 0 bridgehead atoms.